The molecule has 290 valence electrons. The molecule has 0 N–H and O–H groups in total. The van der Waals surface area contributed by atoms with Crippen LogP contribution in [0, 0.1) is 0 Å². The van der Waals surface area contributed by atoms with E-state index in [0.717, 1.165) is 77.8 Å². The summed E-state index contributed by atoms with van der Waals surface area (Å²) in [6.07, 6.45) is 0. The lowest BCUT2D eigenvalue weighted by Crippen LogP contribution is -2.02. The van der Waals surface area contributed by atoms with Gasteiger partial charge in [-0.25, -0.2) is 24.9 Å². The van der Waals surface area contributed by atoms with Crippen LogP contribution < -0.4 is 0 Å². The Labute approximate surface area is 356 Å². The maximum Gasteiger partial charge on any atom is 0.180 e. The van der Waals surface area contributed by atoms with Crippen molar-refractivity contribution >= 4 is 43.9 Å². The van der Waals surface area contributed by atoms with Crippen molar-refractivity contribution < 1.29 is 4.42 Å². The zero-order chi connectivity index (χ0) is 41.0. The summed E-state index contributed by atoms with van der Waals surface area (Å²) in [6, 6.07) is 70.5. The van der Waals surface area contributed by atoms with Gasteiger partial charge in [-0.05, 0) is 53.6 Å². The van der Waals surface area contributed by atoms with Crippen LogP contribution in [0.3, 0.4) is 0 Å². The average molecular weight is 795 g/mol. The van der Waals surface area contributed by atoms with Gasteiger partial charge in [-0.1, -0.05) is 164 Å². The fourth-order valence-corrected chi connectivity index (χ4v) is 8.55. The number of aromatic nitrogens is 6. The minimum Gasteiger partial charge on any atom is -0.452 e. The van der Waals surface area contributed by atoms with Gasteiger partial charge in [0.15, 0.2) is 28.9 Å². The van der Waals surface area contributed by atoms with Gasteiger partial charge >= 0.3 is 0 Å². The van der Waals surface area contributed by atoms with E-state index in [2.05, 4.69) is 108 Å². The third-order valence-corrected chi connectivity index (χ3v) is 11.5. The molecule has 62 heavy (non-hydrogen) atoms. The van der Waals surface area contributed by atoms with Gasteiger partial charge in [0.05, 0.1) is 11.0 Å². The van der Waals surface area contributed by atoms with E-state index >= 15 is 0 Å². The van der Waals surface area contributed by atoms with E-state index in [1.54, 1.807) is 0 Å². The largest absolute Gasteiger partial charge is 0.452 e. The Bertz CT molecular complexity index is 3560. The number of hydrogen-bond acceptors (Lipinski definition) is 6. The number of rotatable bonds is 7. The van der Waals surface area contributed by atoms with Gasteiger partial charge in [0, 0.05) is 49.7 Å². The quantitative estimate of drug-likeness (QED) is 0.160. The summed E-state index contributed by atoms with van der Waals surface area (Å²) in [5, 5.41) is 3.30. The summed E-state index contributed by atoms with van der Waals surface area (Å²) in [6.45, 7) is 0. The number of furan rings is 1. The fourth-order valence-electron chi connectivity index (χ4n) is 8.55. The van der Waals surface area contributed by atoms with Gasteiger partial charge in [0.25, 0.3) is 0 Å². The van der Waals surface area contributed by atoms with Crippen LogP contribution in [0.4, 0.5) is 0 Å². The molecule has 12 aromatic rings. The smallest absolute Gasteiger partial charge is 0.180 e. The van der Waals surface area contributed by atoms with Crippen LogP contribution in [-0.2, 0) is 0 Å². The van der Waals surface area contributed by atoms with Crippen molar-refractivity contribution in [1.82, 2.24) is 29.5 Å². The van der Waals surface area contributed by atoms with E-state index in [-0.39, 0.29) is 0 Å². The van der Waals surface area contributed by atoms with Gasteiger partial charge in [-0.2, -0.15) is 0 Å². The molecule has 0 spiro atoms. The highest BCUT2D eigenvalue weighted by molar-refractivity contribution is 6.11. The zero-order valence-electron chi connectivity index (χ0n) is 33.2. The number of nitrogens with zero attached hydrogens (tertiary/aromatic N) is 6. The Morgan fingerprint density at radius 2 is 0.887 bits per heavy atom. The molecule has 8 aromatic carbocycles. The first-order valence-electron chi connectivity index (χ1n) is 20.6. The predicted molar refractivity (Wildman–Crippen MR) is 250 cm³/mol. The summed E-state index contributed by atoms with van der Waals surface area (Å²) in [5.41, 5.74) is 12.6. The molecule has 0 unspecified atom stereocenters. The Balaban J connectivity index is 1.14. The number of fused-ring (bicyclic) bond motifs is 6. The van der Waals surface area contributed by atoms with E-state index in [1.807, 2.05) is 103 Å². The Kier molecular flexibility index (Phi) is 8.35. The van der Waals surface area contributed by atoms with Crippen molar-refractivity contribution in [2.45, 2.75) is 0 Å². The molecule has 12 rings (SSSR count). The molecule has 0 saturated heterocycles. The third-order valence-electron chi connectivity index (χ3n) is 11.5. The Morgan fingerprint density at radius 3 is 1.60 bits per heavy atom. The SMILES string of the molecule is c1ccc(-c2nc(-c3ccccc3)nc(-c3cc(-c4nc(-c5ccccc5)c5oc6ccccc6c5n4)ccc3-c3ccc4c5ccccc5n(-c5ccccc5)c4c3)n2)cc1. The van der Waals surface area contributed by atoms with Crippen LogP contribution in [0.5, 0.6) is 0 Å². The number of benzene rings is 8. The monoisotopic (exact) mass is 794 g/mol. The molecule has 0 aliphatic heterocycles. The first kappa shape index (κ1) is 35.4. The van der Waals surface area contributed by atoms with Crippen LogP contribution in [-0.4, -0.2) is 29.5 Å². The standard InChI is InChI=1S/C55H34N6O/c1-5-17-35(18-6-1)49-51-50(44-26-14-16-28-48(44)62-51)57-54(56-49)39-30-31-41(38-29-32-43-42-25-13-15-27-46(42)61(47(43)34-38)40-23-11-4-12-24-40)45(33-39)55-59-52(36-19-7-2-8-20-36)58-53(60-55)37-21-9-3-10-22-37/h1-34H. The maximum atomic E-state index is 6.45. The summed E-state index contributed by atoms with van der Waals surface area (Å²) in [5.74, 6) is 2.27. The first-order chi connectivity index (χ1) is 30.7. The Hall–Kier alpha value is -8.55. The molecule has 0 atom stereocenters. The molecule has 7 heteroatoms. The molecule has 4 heterocycles. The van der Waals surface area contributed by atoms with E-state index in [1.165, 1.54) is 10.8 Å². The van der Waals surface area contributed by atoms with Crippen molar-refractivity contribution in [1.29, 1.82) is 0 Å². The summed E-state index contributed by atoms with van der Waals surface area (Å²) in [7, 11) is 0. The molecule has 0 amide bonds. The van der Waals surface area contributed by atoms with E-state index < -0.39 is 0 Å². The highest BCUT2D eigenvalue weighted by atomic mass is 16.3. The minimum atomic E-state index is 0.538. The predicted octanol–water partition coefficient (Wildman–Crippen LogP) is 13.7. The summed E-state index contributed by atoms with van der Waals surface area (Å²) in [4.78, 5) is 26.0. The maximum absolute atomic E-state index is 6.45. The van der Waals surface area contributed by atoms with Gasteiger partial charge in [-0.15, -0.1) is 0 Å². The Morgan fingerprint density at radius 1 is 0.339 bits per heavy atom. The van der Waals surface area contributed by atoms with Crippen molar-refractivity contribution in [2.75, 3.05) is 0 Å². The average Bonchev–Trinajstić information content (AvgIpc) is 3.90. The van der Waals surface area contributed by atoms with Gasteiger partial charge in [0.1, 0.15) is 16.8 Å². The highest BCUT2D eigenvalue weighted by Crippen LogP contribution is 2.41. The third kappa shape index (κ3) is 6.02. The lowest BCUT2D eigenvalue weighted by atomic mass is 9.95. The second-order valence-electron chi connectivity index (χ2n) is 15.3. The fraction of sp³-hybridized carbons (Fsp3) is 0. The second kappa shape index (κ2) is 14.6. The lowest BCUT2D eigenvalue weighted by Gasteiger charge is -2.15. The summed E-state index contributed by atoms with van der Waals surface area (Å²) < 4.78 is 8.80. The molecule has 4 aromatic heterocycles. The first-order valence-corrected chi connectivity index (χ1v) is 20.6. The zero-order valence-corrected chi connectivity index (χ0v) is 33.2. The molecule has 0 fully saturated rings. The van der Waals surface area contributed by atoms with Crippen molar-refractivity contribution in [3.05, 3.63) is 206 Å². The molecule has 0 bridgehead atoms. The van der Waals surface area contributed by atoms with E-state index in [4.69, 9.17) is 29.3 Å². The molecular weight excluding hydrogens is 761 g/mol. The lowest BCUT2D eigenvalue weighted by molar-refractivity contribution is 0.667. The van der Waals surface area contributed by atoms with Gasteiger partial charge in [-0.3, -0.25) is 0 Å². The van der Waals surface area contributed by atoms with Crippen molar-refractivity contribution in [3.63, 3.8) is 0 Å². The van der Waals surface area contributed by atoms with E-state index in [9.17, 15) is 0 Å². The normalized spacial score (nSPS) is 11.5. The van der Waals surface area contributed by atoms with Crippen molar-refractivity contribution in [2.24, 2.45) is 0 Å². The molecule has 7 nitrogen and oxygen atoms in total. The van der Waals surface area contributed by atoms with Crippen LogP contribution in [0.25, 0.3) is 117 Å². The van der Waals surface area contributed by atoms with Crippen LogP contribution in [0.2, 0.25) is 0 Å². The molecular formula is C55H34N6O. The van der Waals surface area contributed by atoms with Crippen LogP contribution >= 0.6 is 0 Å². The molecule has 0 saturated carbocycles. The van der Waals surface area contributed by atoms with E-state index in [0.29, 0.717) is 28.9 Å². The highest BCUT2D eigenvalue weighted by Gasteiger charge is 2.22. The van der Waals surface area contributed by atoms with Crippen LogP contribution in [0.1, 0.15) is 0 Å². The second-order valence-corrected chi connectivity index (χ2v) is 15.3. The van der Waals surface area contributed by atoms with Crippen LogP contribution in [0.15, 0.2) is 211 Å². The molecule has 0 radical (unpaired) electrons. The molecule has 0 aliphatic carbocycles. The molecule has 0 aliphatic rings. The number of para-hydroxylation sites is 3. The van der Waals surface area contributed by atoms with Gasteiger partial charge < -0.3 is 8.98 Å². The van der Waals surface area contributed by atoms with Gasteiger partial charge in [0.2, 0.25) is 0 Å². The topological polar surface area (TPSA) is 82.5 Å². The minimum absolute atomic E-state index is 0.538. The summed E-state index contributed by atoms with van der Waals surface area (Å²) >= 11 is 0. The number of hydrogen-bond donors (Lipinski definition) is 0. The van der Waals surface area contributed by atoms with Crippen molar-refractivity contribution in [3.8, 4) is 73.6 Å².